The van der Waals surface area contributed by atoms with Crippen LogP contribution in [0.5, 0.6) is 5.75 Å². The second kappa shape index (κ2) is 7.29. The summed E-state index contributed by atoms with van der Waals surface area (Å²) in [5.74, 6) is 1.02. The number of methoxy groups -OCH3 is 1. The predicted octanol–water partition coefficient (Wildman–Crippen LogP) is 3.07. The zero-order valence-corrected chi connectivity index (χ0v) is 10.5. The van der Waals surface area contributed by atoms with E-state index >= 15 is 0 Å². The standard InChI is InChI=1S/C14H23NO/c1-12-8-9-14(16-2)13(11-12)7-5-3-4-6-10-15/h8-9,11H,3-7,10,15H2,1-2H3. The highest BCUT2D eigenvalue weighted by Crippen LogP contribution is 2.21. The molecule has 0 spiro atoms. The van der Waals surface area contributed by atoms with Gasteiger partial charge in [0.2, 0.25) is 0 Å². The Balaban J connectivity index is 2.42. The molecule has 1 aromatic carbocycles. The summed E-state index contributed by atoms with van der Waals surface area (Å²) < 4.78 is 5.36. The van der Waals surface area contributed by atoms with Gasteiger partial charge in [-0.25, -0.2) is 0 Å². The monoisotopic (exact) mass is 221 g/mol. The molecule has 16 heavy (non-hydrogen) atoms. The Morgan fingerprint density at radius 2 is 1.88 bits per heavy atom. The Labute approximate surface area is 98.8 Å². The third-order valence-corrected chi connectivity index (χ3v) is 2.84. The van der Waals surface area contributed by atoms with Gasteiger partial charge in [0.05, 0.1) is 7.11 Å². The van der Waals surface area contributed by atoms with Gasteiger partial charge in [-0.2, -0.15) is 0 Å². The van der Waals surface area contributed by atoms with Crippen LogP contribution in [-0.4, -0.2) is 13.7 Å². The van der Waals surface area contributed by atoms with Gasteiger partial charge in [-0.05, 0) is 44.4 Å². The van der Waals surface area contributed by atoms with Gasteiger partial charge < -0.3 is 10.5 Å². The zero-order chi connectivity index (χ0) is 11.8. The first-order valence-electron chi connectivity index (χ1n) is 6.11. The minimum Gasteiger partial charge on any atom is -0.496 e. The maximum Gasteiger partial charge on any atom is 0.122 e. The van der Waals surface area contributed by atoms with E-state index in [0.717, 1.165) is 25.1 Å². The Morgan fingerprint density at radius 1 is 1.12 bits per heavy atom. The highest BCUT2D eigenvalue weighted by Gasteiger charge is 2.02. The van der Waals surface area contributed by atoms with Crippen molar-refractivity contribution in [1.82, 2.24) is 0 Å². The Bertz CT molecular complexity index is 310. The lowest BCUT2D eigenvalue weighted by Crippen LogP contribution is -1.98. The molecule has 0 aliphatic rings. The molecule has 0 amide bonds. The Hall–Kier alpha value is -1.02. The van der Waals surface area contributed by atoms with E-state index in [1.165, 1.54) is 30.4 Å². The normalized spacial score (nSPS) is 10.4. The summed E-state index contributed by atoms with van der Waals surface area (Å²) in [4.78, 5) is 0. The van der Waals surface area contributed by atoms with Crippen LogP contribution in [0.4, 0.5) is 0 Å². The summed E-state index contributed by atoms with van der Waals surface area (Å²) in [6.45, 7) is 2.94. The zero-order valence-electron chi connectivity index (χ0n) is 10.5. The van der Waals surface area contributed by atoms with E-state index < -0.39 is 0 Å². The van der Waals surface area contributed by atoms with Crippen LogP contribution in [0.3, 0.4) is 0 Å². The lowest BCUT2D eigenvalue weighted by Gasteiger charge is -2.09. The highest BCUT2D eigenvalue weighted by molar-refractivity contribution is 5.36. The van der Waals surface area contributed by atoms with Crippen molar-refractivity contribution in [2.75, 3.05) is 13.7 Å². The van der Waals surface area contributed by atoms with Crippen LogP contribution in [-0.2, 0) is 6.42 Å². The number of hydrogen-bond donors (Lipinski definition) is 1. The van der Waals surface area contributed by atoms with Crippen molar-refractivity contribution in [2.45, 2.75) is 39.0 Å². The van der Waals surface area contributed by atoms with Gasteiger partial charge >= 0.3 is 0 Å². The third-order valence-electron chi connectivity index (χ3n) is 2.84. The van der Waals surface area contributed by atoms with Gasteiger partial charge in [0, 0.05) is 0 Å². The lowest BCUT2D eigenvalue weighted by atomic mass is 10.0. The molecule has 0 aromatic heterocycles. The average molecular weight is 221 g/mol. The van der Waals surface area contributed by atoms with E-state index in [9.17, 15) is 0 Å². The fourth-order valence-corrected chi connectivity index (χ4v) is 1.92. The van der Waals surface area contributed by atoms with Gasteiger partial charge in [0.25, 0.3) is 0 Å². The number of ether oxygens (including phenoxy) is 1. The van der Waals surface area contributed by atoms with Crippen molar-refractivity contribution in [3.05, 3.63) is 29.3 Å². The molecular weight excluding hydrogens is 198 g/mol. The molecule has 0 atom stereocenters. The van der Waals surface area contributed by atoms with Crippen LogP contribution in [0.15, 0.2) is 18.2 Å². The number of hydrogen-bond acceptors (Lipinski definition) is 2. The van der Waals surface area contributed by atoms with Crippen molar-refractivity contribution >= 4 is 0 Å². The van der Waals surface area contributed by atoms with Gasteiger partial charge in [0.15, 0.2) is 0 Å². The van der Waals surface area contributed by atoms with E-state index in [2.05, 4.69) is 25.1 Å². The number of unbranched alkanes of at least 4 members (excludes halogenated alkanes) is 3. The van der Waals surface area contributed by atoms with Crippen LogP contribution < -0.4 is 10.5 Å². The fourth-order valence-electron chi connectivity index (χ4n) is 1.92. The molecule has 90 valence electrons. The molecule has 0 heterocycles. The highest BCUT2D eigenvalue weighted by atomic mass is 16.5. The molecule has 0 bridgehead atoms. The first-order valence-corrected chi connectivity index (χ1v) is 6.11. The molecule has 2 N–H and O–H groups in total. The number of benzene rings is 1. The summed E-state index contributed by atoms with van der Waals surface area (Å²) in [5, 5.41) is 0. The first kappa shape index (κ1) is 13.0. The van der Waals surface area contributed by atoms with Crippen molar-refractivity contribution < 1.29 is 4.74 Å². The summed E-state index contributed by atoms with van der Waals surface area (Å²) in [6.07, 6.45) is 5.97. The van der Waals surface area contributed by atoms with Crippen molar-refractivity contribution in [3.8, 4) is 5.75 Å². The summed E-state index contributed by atoms with van der Waals surface area (Å²) in [6, 6.07) is 6.38. The van der Waals surface area contributed by atoms with E-state index in [0.29, 0.717) is 0 Å². The maximum atomic E-state index is 5.47. The number of aryl methyl sites for hydroxylation is 2. The molecule has 2 heteroatoms. The molecule has 0 fully saturated rings. The Morgan fingerprint density at radius 3 is 2.56 bits per heavy atom. The Kier molecular flexibility index (Phi) is 5.94. The van der Waals surface area contributed by atoms with E-state index in [-0.39, 0.29) is 0 Å². The average Bonchev–Trinajstić information content (AvgIpc) is 2.29. The molecule has 1 rings (SSSR count). The van der Waals surface area contributed by atoms with E-state index in [1.54, 1.807) is 7.11 Å². The maximum absolute atomic E-state index is 5.47. The second-order valence-electron chi connectivity index (χ2n) is 4.27. The molecule has 0 aliphatic heterocycles. The fraction of sp³-hybridized carbons (Fsp3) is 0.571. The van der Waals surface area contributed by atoms with Crippen molar-refractivity contribution in [1.29, 1.82) is 0 Å². The summed E-state index contributed by atoms with van der Waals surface area (Å²) >= 11 is 0. The van der Waals surface area contributed by atoms with Gasteiger partial charge in [-0.3, -0.25) is 0 Å². The predicted molar refractivity (Wildman–Crippen MR) is 69.0 cm³/mol. The van der Waals surface area contributed by atoms with Gasteiger partial charge in [0.1, 0.15) is 5.75 Å². The molecule has 0 unspecified atom stereocenters. The topological polar surface area (TPSA) is 35.2 Å². The number of rotatable bonds is 7. The molecule has 0 saturated heterocycles. The third kappa shape index (κ3) is 4.23. The lowest BCUT2D eigenvalue weighted by molar-refractivity contribution is 0.408. The van der Waals surface area contributed by atoms with Gasteiger partial charge in [-0.1, -0.05) is 30.5 Å². The molecule has 0 aliphatic carbocycles. The second-order valence-corrected chi connectivity index (χ2v) is 4.27. The first-order chi connectivity index (χ1) is 7.77. The van der Waals surface area contributed by atoms with Crippen molar-refractivity contribution in [2.24, 2.45) is 5.73 Å². The van der Waals surface area contributed by atoms with E-state index in [1.807, 2.05) is 0 Å². The smallest absolute Gasteiger partial charge is 0.122 e. The largest absolute Gasteiger partial charge is 0.496 e. The van der Waals surface area contributed by atoms with Crippen LogP contribution >= 0.6 is 0 Å². The van der Waals surface area contributed by atoms with E-state index in [4.69, 9.17) is 10.5 Å². The minimum absolute atomic E-state index is 0.813. The SMILES string of the molecule is COc1ccc(C)cc1CCCCCCN. The van der Waals surface area contributed by atoms with Crippen LogP contribution in [0.2, 0.25) is 0 Å². The molecule has 2 nitrogen and oxygen atoms in total. The quantitative estimate of drug-likeness (QED) is 0.718. The van der Waals surface area contributed by atoms with Crippen LogP contribution in [0, 0.1) is 6.92 Å². The van der Waals surface area contributed by atoms with Crippen molar-refractivity contribution in [3.63, 3.8) is 0 Å². The van der Waals surface area contributed by atoms with Crippen LogP contribution in [0.1, 0.15) is 36.8 Å². The molecule has 0 radical (unpaired) electrons. The summed E-state index contributed by atoms with van der Waals surface area (Å²) in [5.41, 5.74) is 8.10. The molecular formula is C14H23NO. The number of nitrogens with two attached hydrogens (primary N) is 1. The minimum atomic E-state index is 0.813. The van der Waals surface area contributed by atoms with Crippen LogP contribution in [0.25, 0.3) is 0 Å². The molecule has 1 aromatic rings. The molecule has 0 saturated carbocycles. The van der Waals surface area contributed by atoms with Gasteiger partial charge in [-0.15, -0.1) is 0 Å². The summed E-state index contributed by atoms with van der Waals surface area (Å²) in [7, 11) is 1.74.